The molecule has 0 spiro atoms. The Hall–Kier alpha value is -0.800. The molecular formula is C13H13BrFNO3S2. The molecule has 8 heteroatoms. The van der Waals surface area contributed by atoms with Crippen LogP contribution in [0.15, 0.2) is 44.4 Å². The molecule has 1 unspecified atom stereocenters. The summed E-state index contributed by atoms with van der Waals surface area (Å²) in [4.78, 5) is 0. The first-order valence-electron chi connectivity index (χ1n) is 5.94. The molecule has 0 bridgehead atoms. The van der Waals surface area contributed by atoms with Crippen LogP contribution in [-0.4, -0.2) is 20.1 Å². The van der Waals surface area contributed by atoms with Gasteiger partial charge in [-0.2, -0.15) is 0 Å². The van der Waals surface area contributed by atoms with Gasteiger partial charge in [0.05, 0.1) is 3.79 Å². The summed E-state index contributed by atoms with van der Waals surface area (Å²) in [5, 5.41) is 10.3. The lowest BCUT2D eigenvalue weighted by Crippen LogP contribution is -2.38. The summed E-state index contributed by atoms with van der Waals surface area (Å²) in [5.41, 5.74) is -1.01. The molecule has 4 nitrogen and oxygen atoms in total. The summed E-state index contributed by atoms with van der Waals surface area (Å²) in [6.07, 6.45) is 0. The van der Waals surface area contributed by atoms with Crippen LogP contribution < -0.4 is 4.72 Å². The maximum absolute atomic E-state index is 12.9. The molecule has 1 aromatic carbocycles. The Morgan fingerprint density at radius 1 is 1.29 bits per heavy atom. The van der Waals surface area contributed by atoms with Crippen molar-refractivity contribution in [2.24, 2.45) is 0 Å². The molecule has 0 aliphatic carbocycles. The summed E-state index contributed by atoms with van der Waals surface area (Å²) in [7, 11) is -3.68. The van der Waals surface area contributed by atoms with E-state index in [1.807, 2.05) is 0 Å². The van der Waals surface area contributed by atoms with Crippen LogP contribution >= 0.6 is 27.3 Å². The number of rotatable bonds is 5. The van der Waals surface area contributed by atoms with Crippen molar-refractivity contribution in [1.82, 2.24) is 4.72 Å². The van der Waals surface area contributed by atoms with Gasteiger partial charge in [0.2, 0.25) is 10.0 Å². The molecule has 21 heavy (non-hydrogen) atoms. The van der Waals surface area contributed by atoms with E-state index in [1.165, 1.54) is 37.3 Å². The van der Waals surface area contributed by atoms with Crippen LogP contribution in [0.4, 0.5) is 4.39 Å². The van der Waals surface area contributed by atoms with Gasteiger partial charge in [-0.15, -0.1) is 11.3 Å². The second kappa shape index (κ2) is 6.13. The number of aliphatic hydroxyl groups is 1. The molecule has 0 saturated carbocycles. The van der Waals surface area contributed by atoms with Crippen LogP contribution in [-0.2, 0) is 15.6 Å². The highest BCUT2D eigenvalue weighted by molar-refractivity contribution is 9.11. The van der Waals surface area contributed by atoms with Gasteiger partial charge in [0.15, 0.2) is 0 Å². The van der Waals surface area contributed by atoms with Gasteiger partial charge in [0.25, 0.3) is 0 Å². The minimum absolute atomic E-state index is 0.157. The smallest absolute Gasteiger partial charge is 0.250 e. The molecule has 0 fully saturated rings. The molecule has 0 saturated heterocycles. The molecule has 0 amide bonds. The summed E-state index contributed by atoms with van der Waals surface area (Å²) < 4.78 is 40.3. The topological polar surface area (TPSA) is 66.4 Å². The summed E-state index contributed by atoms with van der Waals surface area (Å²) >= 11 is 4.28. The first-order chi connectivity index (χ1) is 9.71. The van der Waals surface area contributed by atoms with E-state index in [-0.39, 0.29) is 10.8 Å². The molecule has 0 aliphatic heterocycles. The second-order valence-electron chi connectivity index (χ2n) is 4.66. The van der Waals surface area contributed by atoms with E-state index in [1.54, 1.807) is 6.07 Å². The average molecular weight is 394 g/mol. The highest BCUT2D eigenvalue weighted by Crippen LogP contribution is 2.26. The maximum atomic E-state index is 12.9. The highest BCUT2D eigenvalue weighted by atomic mass is 79.9. The van der Waals surface area contributed by atoms with E-state index in [9.17, 15) is 17.9 Å². The van der Waals surface area contributed by atoms with E-state index < -0.39 is 21.4 Å². The van der Waals surface area contributed by atoms with Gasteiger partial charge in [0, 0.05) is 6.54 Å². The molecule has 1 heterocycles. The summed E-state index contributed by atoms with van der Waals surface area (Å²) in [6.45, 7) is 1.25. The first kappa shape index (κ1) is 16.6. The monoisotopic (exact) mass is 393 g/mol. The lowest BCUT2D eigenvalue weighted by molar-refractivity contribution is 0.0627. The van der Waals surface area contributed by atoms with E-state index in [4.69, 9.17) is 0 Å². The molecule has 1 aromatic heterocycles. The fourth-order valence-corrected chi connectivity index (χ4v) is 4.85. The van der Waals surface area contributed by atoms with Gasteiger partial charge < -0.3 is 5.11 Å². The van der Waals surface area contributed by atoms with Crippen molar-refractivity contribution in [2.75, 3.05) is 6.54 Å². The Balaban J connectivity index is 2.12. The Bertz CT molecular complexity index is 726. The zero-order valence-corrected chi connectivity index (χ0v) is 14.2. The molecule has 0 radical (unpaired) electrons. The third kappa shape index (κ3) is 4.10. The Kier molecular flexibility index (Phi) is 4.84. The summed E-state index contributed by atoms with van der Waals surface area (Å²) in [5.74, 6) is -0.418. The zero-order valence-electron chi connectivity index (χ0n) is 11.0. The highest BCUT2D eigenvalue weighted by Gasteiger charge is 2.26. The quantitative estimate of drug-likeness (QED) is 0.820. The van der Waals surface area contributed by atoms with Crippen molar-refractivity contribution in [3.8, 4) is 0 Å². The predicted octanol–water partition coefficient (Wildman–Crippen LogP) is 2.84. The molecule has 0 aliphatic rings. The van der Waals surface area contributed by atoms with Gasteiger partial charge in [-0.1, -0.05) is 12.1 Å². The van der Waals surface area contributed by atoms with Crippen molar-refractivity contribution in [1.29, 1.82) is 0 Å². The van der Waals surface area contributed by atoms with E-state index in [2.05, 4.69) is 20.7 Å². The van der Waals surface area contributed by atoms with Gasteiger partial charge in [-0.25, -0.2) is 17.5 Å². The Labute approximate surface area is 134 Å². The fraction of sp³-hybridized carbons (Fsp3) is 0.231. The number of nitrogens with one attached hydrogen (secondary N) is 1. The first-order valence-corrected chi connectivity index (χ1v) is 9.03. The minimum atomic E-state index is -3.68. The van der Waals surface area contributed by atoms with Crippen LogP contribution in [0.25, 0.3) is 0 Å². The third-order valence-electron chi connectivity index (χ3n) is 2.89. The largest absolute Gasteiger partial charge is 0.384 e. The SMILES string of the molecule is CC(O)(CNS(=O)(=O)c1ccc(Br)s1)c1ccc(F)cc1. The van der Waals surface area contributed by atoms with Crippen molar-refractivity contribution in [3.05, 3.63) is 51.6 Å². The predicted molar refractivity (Wildman–Crippen MR) is 83.2 cm³/mol. The molecule has 1 atom stereocenters. The van der Waals surface area contributed by atoms with Crippen molar-refractivity contribution < 1.29 is 17.9 Å². The molecule has 114 valence electrons. The molecule has 2 rings (SSSR count). The van der Waals surface area contributed by atoms with Crippen molar-refractivity contribution in [3.63, 3.8) is 0 Å². The zero-order chi connectivity index (χ0) is 15.7. The van der Waals surface area contributed by atoms with E-state index in [0.29, 0.717) is 9.35 Å². The van der Waals surface area contributed by atoms with Gasteiger partial charge in [0.1, 0.15) is 15.6 Å². The van der Waals surface area contributed by atoms with Gasteiger partial charge in [-0.05, 0) is 52.7 Å². The van der Waals surface area contributed by atoms with E-state index in [0.717, 1.165) is 11.3 Å². The number of benzene rings is 1. The van der Waals surface area contributed by atoms with Crippen molar-refractivity contribution >= 4 is 37.3 Å². The fourth-order valence-electron chi connectivity index (χ4n) is 1.66. The molecule has 2 N–H and O–H groups in total. The van der Waals surface area contributed by atoms with Gasteiger partial charge in [-0.3, -0.25) is 0 Å². The number of thiophene rings is 1. The standard InChI is InChI=1S/C13H13BrFNO3S2/c1-13(17,9-2-4-10(15)5-3-9)8-16-21(18,19)12-7-6-11(14)20-12/h2-7,16-17H,8H2,1H3. The Morgan fingerprint density at radius 3 is 2.43 bits per heavy atom. The number of sulfonamides is 1. The maximum Gasteiger partial charge on any atom is 0.250 e. The average Bonchev–Trinajstić information content (AvgIpc) is 2.85. The van der Waals surface area contributed by atoms with Crippen LogP contribution in [0, 0.1) is 5.82 Å². The molecular weight excluding hydrogens is 381 g/mol. The lowest BCUT2D eigenvalue weighted by atomic mass is 9.96. The minimum Gasteiger partial charge on any atom is -0.384 e. The van der Waals surface area contributed by atoms with Crippen LogP contribution in [0.3, 0.4) is 0 Å². The lowest BCUT2D eigenvalue weighted by Gasteiger charge is -2.24. The van der Waals surface area contributed by atoms with Crippen LogP contribution in [0.2, 0.25) is 0 Å². The number of hydrogen-bond donors (Lipinski definition) is 2. The second-order valence-corrected chi connectivity index (χ2v) is 9.12. The molecule has 2 aromatic rings. The number of halogens is 2. The van der Waals surface area contributed by atoms with Crippen LogP contribution in [0.1, 0.15) is 12.5 Å². The van der Waals surface area contributed by atoms with Gasteiger partial charge >= 0.3 is 0 Å². The number of hydrogen-bond acceptors (Lipinski definition) is 4. The Morgan fingerprint density at radius 2 is 1.90 bits per heavy atom. The van der Waals surface area contributed by atoms with Crippen LogP contribution in [0.5, 0.6) is 0 Å². The van der Waals surface area contributed by atoms with Crippen molar-refractivity contribution in [2.45, 2.75) is 16.7 Å². The third-order valence-corrected chi connectivity index (χ3v) is 6.40. The summed E-state index contributed by atoms with van der Waals surface area (Å²) in [6, 6.07) is 8.39. The van der Waals surface area contributed by atoms with E-state index >= 15 is 0 Å². The normalized spacial score (nSPS) is 14.9.